The van der Waals surface area contributed by atoms with Gasteiger partial charge in [0, 0.05) is 5.39 Å². The summed E-state index contributed by atoms with van der Waals surface area (Å²) < 4.78 is 28.0. The second-order valence-corrected chi connectivity index (χ2v) is 10.4. The molecule has 0 fully saturated rings. The number of aromatic nitrogens is 2. The van der Waals surface area contributed by atoms with Crippen molar-refractivity contribution in [1.82, 2.24) is 9.66 Å². The first-order chi connectivity index (χ1) is 19.0. The maximum atomic E-state index is 13.5. The number of halogens is 3. The van der Waals surface area contributed by atoms with Crippen molar-refractivity contribution < 1.29 is 13.5 Å². The van der Waals surface area contributed by atoms with Gasteiger partial charge in [-0.05, 0) is 91.5 Å². The van der Waals surface area contributed by atoms with Crippen LogP contribution in [0.3, 0.4) is 0 Å². The average molecular weight is 647 g/mol. The summed E-state index contributed by atoms with van der Waals surface area (Å²) in [6.45, 7) is 0.196. The molecule has 0 spiro atoms. The third-order valence-corrected chi connectivity index (χ3v) is 7.19. The molecule has 0 bridgehead atoms. The van der Waals surface area contributed by atoms with Crippen molar-refractivity contribution in [3.63, 3.8) is 0 Å². The van der Waals surface area contributed by atoms with Crippen molar-refractivity contribution >= 4 is 59.9 Å². The van der Waals surface area contributed by atoms with Crippen LogP contribution in [0, 0.1) is 5.82 Å². The Kier molecular flexibility index (Phi) is 6.85. The highest BCUT2D eigenvalue weighted by Gasteiger charge is 2.16. The number of para-hydroxylation sites is 2. The lowest BCUT2D eigenvalue weighted by atomic mass is 10.2. The maximum Gasteiger partial charge on any atom is 0.282 e. The largest absolute Gasteiger partial charge is 0.487 e. The Morgan fingerprint density at radius 3 is 2.51 bits per heavy atom. The molecule has 6 rings (SSSR count). The zero-order chi connectivity index (χ0) is 26.9. The molecule has 0 saturated heterocycles. The average Bonchev–Trinajstić information content (AvgIpc) is 3.36. The van der Waals surface area contributed by atoms with Crippen molar-refractivity contribution in [2.45, 2.75) is 6.61 Å². The molecular weight excluding hydrogens is 629 g/mol. The summed E-state index contributed by atoms with van der Waals surface area (Å²) in [5.41, 5.74) is 2.32. The van der Waals surface area contributed by atoms with Gasteiger partial charge < -0.3 is 9.15 Å². The third-order valence-electron chi connectivity index (χ3n) is 6.01. The van der Waals surface area contributed by atoms with Crippen molar-refractivity contribution in [3.8, 4) is 17.3 Å². The molecule has 0 radical (unpaired) electrons. The number of benzene rings is 4. The summed E-state index contributed by atoms with van der Waals surface area (Å²) in [5, 5.41) is 5.86. The highest BCUT2D eigenvalue weighted by Crippen LogP contribution is 2.35. The van der Waals surface area contributed by atoms with Crippen LogP contribution < -0.4 is 10.3 Å². The second-order valence-electron chi connectivity index (χ2n) is 8.69. The predicted molar refractivity (Wildman–Crippen MR) is 157 cm³/mol. The van der Waals surface area contributed by atoms with E-state index in [4.69, 9.17) is 14.1 Å². The van der Waals surface area contributed by atoms with Gasteiger partial charge in [0.2, 0.25) is 5.82 Å². The zero-order valence-electron chi connectivity index (χ0n) is 20.1. The molecule has 2 aromatic heterocycles. The molecule has 6 aromatic rings. The van der Waals surface area contributed by atoms with E-state index in [0.717, 1.165) is 5.39 Å². The van der Waals surface area contributed by atoms with Crippen LogP contribution >= 0.6 is 31.9 Å². The van der Waals surface area contributed by atoms with Gasteiger partial charge in [0.15, 0.2) is 5.76 Å². The Balaban J connectivity index is 1.37. The summed E-state index contributed by atoms with van der Waals surface area (Å²) in [6.07, 6.45) is 1.57. The molecule has 39 heavy (non-hydrogen) atoms. The van der Waals surface area contributed by atoms with E-state index in [2.05, 4.69) is 37.0 Å². The molecule has 0 saturated carbocycles. The zero-order valence-corrected chi connectivity index (χ0v) is 23.3. The van der Waals surface area contributed by atoms with Gasteiger partial charge in [0.05, 0.1) is 26.1 Å². The Morgan fingerprint density at radius 2 is 1.72 bits per heavy atom. The minimum atomic E-state index is -0.319. The first-order valence-corrected chi connectivity index (χ1v) is 13.5. The van der Waals surface area contributed by atoms with Gasteiger partial charge in [-0.2, -0.15) is 9.78 Å². The summed E-state index contributed by atoms with van der Waals surface area (Å²) in [7, 11) is 0. The molecule has 0 N–H and O–H groups in total. The summed E-state index contributed by atoms with van der Waals surface area (Å²) >= 11 is 7.09. The molecule has 192 valence electrons. The Labute approximate surface area is 238 Å². The van der Waals surface area contributed by atoms with E-state index in [1.807, 2.05) is 48.5 Å². The first-order valence-electron chi connectivity index (χ1n) is 11.9. The fraction of sp³-hybridized carbons (Fsp3) is 0.0333. The number of nitrogens with zero attached hydrogens (tertiary/aromatic N) is 3. The van der Waals surface area contributed by atoms with E-state index >= 15 is 0 Å². The molecule has 4 aromatic carbocycles. The lowest BCUT2D eigenvalue weighted by Gasteiger charge is -2.12. The van der Waals surface area contributed by atoms with E-state index in [1.165, 1.54) is 16.8 Å². The quantitative estimate of drug-likeness (QED) is 0.172. The summed E-state index contributed by atoms with van der Waals surface area (Å²) in [6, 6.07) is 26.4. The SMILES string of the molecule is O=c1c2ccccc2nc(-c2cc3ccccc3o2)n1N=Cc1cc(Br)c(OCc2cccc(F)c2)c(Br)c1. The van der Waals surface area contributed by atoms with Gasteiger partial charge in [-0.1, -0.05) is 42.5 Å². The molecule has 0 amide bonds. The predicted octanol–water partition coefficient (Wildman–Crippen LogP) is 7.94. The highest BCUT2D eigenvalue weighted by molar-refractivity contribution is 9.11. The van der Waals surface area contributed by atoms with Crippen LogP contribution in [0.4, 0.5) is 4.39 Å². The monoisotopic (exact) mass is 645 g/mol. The highest BCUT2D eigenvalue weighted by atomic mass is 79.9. The Bertz CT molecular complexity index is 1890. The normalized spacial score (nSPS) is 11.6. The first kappa shape index (κ1) is 25.2. The minimum absolute atomic E-state index is 0.196. The van der Waals surface area contributed by atoms with Gasteiger partial charge in [-0.25, -0.2) is 9.37 Å². The smallest absolute Gasteiger partial charge is 0.282 e. The maximum absolute atomic E-state index is 13.5. The van der Waals surface area contributed by atoms with Gasteiger partial charge in [0.1, 0.15) is 23.8 Å². The number of hydrogen-bond acceptors (Lipinski definition) is 5. The summed E-state index contributed by atoms with van der Waals surface area (Å²) in [4.78, 5) is 18.2. The van der Waals surface area contributed by atoms with Crippen LogP contribution in [0.15, 0.2) is 114 Å². The van der Waals surface area contributed by atoms with E-state index in [9.17, 15) is 9.18 Å². The fourth-order valence-corrected chi connectivity index (χ4v) is 5.63. The second kappa shape index (κ2) is 10.6. The number of fused-ring (bicyclic) bond motifs is 2. The summed E-state index contributed by atoms with van der Waals surface area (Å²) in [5.74, 6) is 0.962. The van der Waals surface area contributed by atoms with Gasteiger partial charge in [-0.15, -0.1) is 0 Å². The number of rotatable bonds is 6. The molecule has 2 heterocycles. The Morgan fingerprint density at radius 1 is 0.949 bits per heavy atom. The van der Waals surface area contributed by atoms with E-state index < -0.39 is 0 Å². The number of hydrogen-bond donors (Lipinski definition) is 0. The van der Waals surface area contributed by atoms with Crippen molar-refractivity contribution in [2.24, 2.45) is 5.10 Å². The lowest BCUT2D eigenvalue weighted by molar-refractivity contribution is 0.301. The van der Waals surface area contributed by atoms with Crippen LogP contribution in [0.2, 0.25) is 0 Å². The Hall–Kier alpha value is -4.08. The molecule has 0 aliphatic rings. The molecule has 9 heteroatoms. The van der Waals surface area contributed by atoms with Crippen molar-refractivity contribution in [1.29, 1.82) is 0 Å². The lowest BCUT2D eigenvalue weighted by Crippen LogP contribution is -2.20. The van der Waals surface area contributed by atoms with E-state index in [-0.39, 0.29) is 18.0 Å². The molecule has 0 aliphatic heterocycles. The molecule has 6 nitrogen and oxygen atoms in total. The number of ether oxygens (including phenoxy) is 1. The van der Waals surface area contributed by atoms with Crippen molar-refractivity contribution in [3.05, 3.63) is 127 Å². The molecule has 0 atom stereocenters. The van der Waals surface area contributed by atoms with Crippen molar-refractivity contribution in [2.75, 3.05) is 0 Å². The van der Waals surface area contributed by atoms with E-state index in [0.29, 0.717) is 53.9 Å². The van der Waals surface area contributed by atoms with Crippen LogP contribution in [0.1, 0.15) is 11.1 Å². The number of furan rings is 1. The molecular formula is C30H18Br2FN3O3. The fourth-order valence-electron chi connectivity index (χ4n) is 4.18. The van der Waals surface area contributed by atoms with Crippen LogP contribution in [0.25, 0.3) is 33.5 Å². The van der Waals surface area contributed by atoms with Crippen LogP contribution in [-0.2, 0) is 6.61 Å². The van der Waals surface area contributed by atoms with Gasteiger partial charge in [-0.3, -0.25) is 4.79 Å². The third kappa shape index (κ3) is 5.15. The van der Waals surface area contributed by atoms with Crippen LogP contribution in [0.5, 0.6) is 5.75 Å². The van der Waals surface area contributed by atoms with E-state index in [1.54, 1.807) is 36.5 Å². The minimum Gasteiger partial charge on any atom is -0.487 e. The van der Waals surface area contributed by atoms with Crippen LogP contribution in [-0.4, -0.2) is 15.9 Å². The molecule has 0 aliphatic carbocycles. The van der Waals surface area contributed by atoms with Gasteiger partial charge in [0.25, 0.3) is 5.56 Å². The standard InChI is InChI=1S/C30H18Br2FN3O3/c31-23-13-19(14-24(32)28(23)38-17-18-6-5-8-21(33)12-18)16-34-36-29(27-15-20-7-1-4-11-26(20)39-27)35-25-10-3-2-9-22(25)30(36)37/h1-16H,17H2. The van der Waals surface area contributed by atoms with Gasteiger partial charge >= 0.3 is 0 Å². The topological polar surface area (TPSA) is 69.6 Å². The molecule has 0 unspecified atom stereocenters.